The molecule has 3 rings (SSSR count). The van der Waals surface area contributed by atoms with Gasteiger partial charge in [0, 0.05) is 17.2 Å². The average Bonchev–Trinajstić information content (AvgIpc) is 3.06. The van der Waals surface area contributed by atoms with E-state index in [4.69, 9.17) is 18.9 Å². The van der Waals surface area contributed by atoms with Gasteiger partial charge in [0.1, 0.15) is 0 Å². The molecule has 0 radical (unpaired) electrons. The van der Waals surface area contributed by atoms with Gasteiger partial charge >= 0.3 is 5.97 Å². The number of hydrogen-bond acceptors (Lipinski definition) is 8. The van der Waals surface area contributed by atoms with Crippen LogP contribution in [0.3, 0.4) is 0 Å². The van der Waals surface area contributed by atoms with Crippen molar-refractivity contribution in [2.24, 2.45) is 4.99 Å². The molecule has 0 saturated carbocycles. The Morgan fingerprint density at radius 1 is 1.10 bits per heavy atom. The van der Waals surface area contributed by atoms with E-state index >= 15 is 0 Å². The summed E-state index contributed by atoms with van der Waals surface area (Å²) in [6.45, 7) is 1.57. The molecule has 0 unspecified atom stereocenters. The van der Waals surface area contributed by atoms with Crippen LogP contribution in [0, 0.1) is 17.0 Å². The first-order valence-corrected chi connectivity index (χ1v) is 8.46. The van der Waals surface area contributed by atoms with E-state index in [0.29, 0.717) is 33.9 Å². The Morgan fingerprint density at radius 2 is 1.76 bits per heavy atom. The van der Waals surface area contributed by atoms with E-state index in [2.05, 4.69) is 4.99 Å². The molecule has 0 spiro atoms. The molecule has 2 aromatic carbocycles. The number of nitro benzene ring substituents is 1. The van der Waals surface area contributed by atoms with Crippen LogP contribution in [0.2, 0.25) is 0 Å². The normalized spacial score (nSPS) is 14.4. The average molecular weight is 398 g/mol. The van der Waals surface area contributed by atoms with Crippen molar-refractivity contribution in [2.45, 2.75) is 6.92 Å². The third-order valence-electron chi connectivity index (χ3n) is 4.34. The first-order chi connectivity index (χ1) is 13.9. The third-order valence-corrected chi connectivity index (χ3v) is 4.34. The second-order valence-corrected chi connectivity index (χ2v) is 6.00. The van der Waals surface area contributed by atoms with Gasteiger partial charge in [-0.25, -0.2) is 9.79 Å². The van der Waals surface area contributed by atoms with Crippen LogP contribution in [0.5, 0.6) is 17.2 Å². The van der Waals surface area contributed by atoms with Crippen LogP contribution in [0.4, 0.5) is 5.69 Å². The quantitative estimate of drug-likeness (QED) is 0.318. The summed E-state index contributed by atoms with van der Waals surface area (Å²) >= 11 is 0. The van der Waals surface area contributed by atoms with Crippen molar-refractivity contribution in [2.75, 3.05) is 21.3 Å². The Bertz CT molecular complexity index is 1030. The molecule has 0 saturated heterocycles. The molecule has 1 aliphatic heterocycles. The van der Waals surface area contributed by atoms with E-state index in [0.717, 1.165) is 0 Å². The minimum atomic E-state index is -0.667. The predicted octanol–water partition coefficient (Wildman–Crippen LogP) is 3.27. The number of nitrogens with zero attached hydrogens (tertiary/aromatic N) is 2. The van der Waals surface area contributed by atoms with Crippen molar-refractivity contribution in [1.29, 1.82) is 0 Å². The van der Waals surface area contributed by atoms with Gasteiger partial charge in [0.05, 0.1) is 26.3 Å². The summed E-state index contributed by atoms with van der Waals surface area (Å²) in [5, 5.41) is 11.1. The Kier molecular flexibility index (Phi) is 5.49. The summed E-state index contributed by atoms with van der Waals surface area (Å²) in [6, 6.07) is 7.82. The van der Waals surface area contributed by atoms with Crippen LogP contribution in [0.15, 0.2) is 41.0 Å². The van der Waals surface area contributed by atoms with Crippen LogP contribution in [0.1, 0.15) is 16.7 Å². The number of carbonyl (C=O) groups is 1. The first kappa shape index (κ1) is 19.9. The second kappa shape index (κ2) is 8.01. The van der Waals surface area contributed by atoms with Crippen molar-refractivity contribution in [3.63, 3.8) is 0 Å². The number of cyclic esters (lactones) is 1. The summed E-state index contributed by atoms with van der Waals surface area (Å²) in [5.74, 6) is 0.602. The fraction of sp³-hybridized carbons (Fsp3) is 0.200. The number of rotatable bonds is 6. The van der Waals surface area contributed by atoms with Gasteiger partial charge in [0.25, 0.3) is 5.69 Å². The summed E-state index contributed by atoms with van der Waals surface area (Å²) in [6.07, 6.45) is 1.51. The maximum absolute atomic E-state index is 12.3. The zero-order valence-corrected chi connectivity index (χ0v) is 16.2. The van der Waals surface area contributed by atoms with Gasteiger partial charge < -0.3 is 18.9 Å². The molecule has 1 aliphatic rings. The highest BCUT2D eigenvalue weighted by atomic mass is 16.6. The Morgan fingerprint density at radius 3 is 2.31 bits per heavy atom. The molecule has 0 amide bonds. The number of ether oxygens (including phenoxy) is 4. The van der Waals surface area contributed by atoms with E-state index in [1.165, 1.54) is 39.5 Å². The fourth-order valence-electron chi connectivity index (χ4n) is 2.92. The standard InChI is InChI=1S/C20H18N2O7/c1-11-13(6-5-7-15(11)22(24)25)19-21-14(20(23)29-19)8-12-9-16(26-2)18(28-4)17(10-12)27-3/h5-10H,1-4H3/b14-8+. The molecule has 150 valence electrons. The van der Waals surface area contributed by atoms with Crippen molar-refractivity contribution >= 4 is 23.6 Å². The lowest BCUT2D eigenvalue weighted by Crippen LogP contribution is -2.08. The lowest BCUT2D eigenvalue weighted by molar-refractivity contribution is -0.385. The molecule has 9 nitrogen and oxygen atoms in total. The minimum Gasteiger partial charge on any atom is -0.493 e. The van der Waals surface area contributed by atoms with Gasteiger partial charge in [0.2, 0.25) is 11.6 Å². The van der Waals surface area contributed by atoms with E-state index < -0.39 is 10.9 Å². The van der Waals surface area contributed by atoms with Gasteiger partial charge in [-0.2, -0.15) is 0 Å². The summed E-state index contributed by atoms with van der Waals surface area (Å²) in [5.41, 5.74) is 1.27. The monoisotopic (exact) mass is 398 g/mol. The van der Waals surface area contributed by atoms with Gasteiger partial charge in [0.15, 0.2) is 17.2 Å². The summed E-state index contributed by atoms with van der Waals surface area (Å²) in [4.78, 5) is 27.2. The number of carbonyl (C=O) groups excluding carboxylic acids is 1. The van der Waals surface area contributed by atoms with Gasteiger partial charge in [-0.3, -0.25) is 10.1 Å². The number of nitro groups is 1. The fourth-order valence-corrected chi connectivity index (χ4v) is 2.92. The van der Waals surface area contributed by atoms with E-state index in [1.54, 1.807) is 25.1 Å². The van der Waals surface area contributed by atoms with E-state index in [1.807, 2.05) is 0 Å². The summed E-state index contributed by atoms with van der Waals surface area (Å²) in [7, 11) is 4.46. The topological polar surface area (TPSA) is 109 Å². The van der Waals surface area contributed by atoms with Crippen LogP contribution in [0.25, 0.3) is 6.08 Å². The SMILES string of the molecule is COc1cc(/C=C2/N=C(c3cccc([N+](=O)[O-])c3C)OC2=O)cc(OC)c1OC. The van der Waals surface area contributed by atoms with Crippen LogP contribution in [-0.2, 0) is 9.53 Å². The maximum Gasteiger partial charge on any atom is 0.363 e. The van der Waals surface area contributed by atoms with Crippen molar-refractivity contribution in [1.82, 2.24) is 0 Å². The van der Waals surface area contributed by atoms with Crippen molar-refractivity contribution in [3.8, 4) is 17.2 Å². The minimum absolute atomic E-state index is 0.00916. The van der Waals surface area contributed by atoms with Crippen LogP contribution < -0.4 is 14.2 Å². The zero-order valence-electron chi connectivity index (χ0n) is 16.2. The van der Waals surface area contributed by atoms with Crippen LogP contribution in [-0.4, -0.2) is 38.1 Å². The van der Waals surface area contributed by atoms with Gasteiger partial charge in [-0.1, -0.05) is 6.07 Å². The number of benzene rings is 2. The largest absolute Gasteiger partial charge is 0.493 e. The molecule has 9 heteroatoms. The highest BCUT2D eigenvalue weighted by Gasteiger charge is 2.27. The van der Waals surface area contributed by atoms with E-state index in [-0.39, 0.29) is 17.3 Å². The number of methoxy groups -OCH3 is 3. The lowest BCUT2D eigenvalue weighted by Gasteiger charge is -2.12. The molecular formula is C20H18N2O7. The number of esters is 1. The Balaban J connectivity index is 2.04. The predicted molar refractivity (Wildman–Crippen MR) is 105 cm³/mol. The molecule has 0 fully saturated rings. The molecular weight excluding hydrogens is 380 g/mol. The Labute approximate surface area is 166 Å². The van der Waals surface area contributed by atoms with Crippen LogP contribution >= 0.6 is 0 Å². The van der Waals surface area contributed by atoms with Gasteiger partial charge in [-0.05, 0) is 36.8 Å². The molecule has 2 aromatic rings. The smallest absolute Gasteiger partial charge is 0.363 e. The molecule has 1 heterocycles. The molecule has 0 aliphatic carbocycles. The maximum atomic E-state index is 12.3. The lowest BCUT2D eigenvalue weighted by atomic mass is 10.1. The van der Waals surface area contributed by atoms with Crippen molar-refractivity contribution in [3.05, 3.63) is 62.8 Å². The van der Waals surface area contributed by atoms with Gasteiger partial charge in [-0.15, -0.1) is 0 Å². The molecule has 29 heavy (non-hydrogen) atoms. The highest BCUT2D eigenvalue weighted by molar-refractivity contribution is 6.13. The first-order valence-electron chi connectivity index (χ1n) is 8.46. The molecule has 0 aromatic heterocycles. The highest BCUT2D eigenvalue weighted by Crippen LogP contribution is 2.39. The third kappa shape index (κ3) is 3.75. The summed E-state index contributed by atoms with van der Waals surface area (Å²) < 4.78 is 21.1. The second-order valence-electron chi connectivity index (χ2n) is 6.00. The van der Waals surface area contributed by atoms with E-state index in [9.17, 15) is 14.9 Å². The molecule has 0 bridgehead atoms. The number of hydrogen-bond donors (Lipinski definition) is 0. The Hall–Kier alpha value is -3.88. The molecule has 0 atom stereocenters. The number of aliphatic imine (C=N–C) groups is 1. The molecule has 0 N–H and O–H groups in total. The zero-order chi connectivity index (χ0) is 21.1. The van der Waals surface area contributed by atoms with Crippen molar-refractivity contribution < 1.29 is 28.7 Å².